The van der Waals surface area contributed by atoms with Gasteiger partial charge in [-0.05, 0) is 18.2 Å². The predicted octanol–water partition coefficient (Wildman–Crippen LogP) is 2.14. The van der Waals surface area contributed by atoms with Crippen molar-refractivity contribution in [3.63, 3.8) is 0 Å². The van der Waals surface area contributed by atoms with Crippen molar-refractivity contribution < 1.29 is 4.74 Å². The second-order valence-electron chi connectivity index (χ2n) is 4.05. The Bertz CT molecular complexity index is 689. The van der Waals surface area contributed by atoms with Gasteiger partial charge >= 0.3 is 0 Å². The molecule has 0 radical (unpaired) electrons. The van der Waals surface area contributed by atoms with Crippen molar-refractivity contribution in [2.75, 3.05) is 19.1 Å². The van der Waals surface area contributed by atoms with Crippen LogP contribution < -0.4 is 15.1 Å². The van der Waals surface area contributed by atoms with E-state index in [4.69, 9.17) is 10.1 Å². The predicted molar refractivity (Wildman–Crippen MR) is 77.4 cm³/mol. The topological polar surface area (TPSA) is 69.2 Å². The van der Waals surface area contributed by atoms with Crippen molar-refractivity contribution in [3.05, 3.63) is 46.8 Å². The molecule has 0 atom stereocenters. The maximum Gasteiger partial charge on any atom is 0.191 e. The van der Waals surface area contributed by atoms with Gasteiger partial charge in [-0.25, -0.2) is 0 Å². The number of aromatic amines is 1. The number of methoxy groups -OCH3 is 1. The van der Waals surface area contributed by atoms with E-state index in [1.165, 1.54) is 12.3 Å². The van der Waals surface area contributed by atoms with E-state index in [0.29, 0.717) is 17.0 Å². The number of nitrogens with zero attached hydrogens (tertiary/aromatic N) is 1. The van der Waals surface area contributed by atoms with Gasteiger partial charge < -0.3 is 20.0 Å². The van der Waals surface area contributed by atoms with Crippen LogP contribution in [0.4, 0.5) is 5.82 Å². The summed E-state index contributed by atoms with van der Waals surface area (Å²) in [5, 5.41) is 7.58. The van der Waals surface area contributed by atoms with Crippen LogP contribution in [0.25, 0.3) is 10.9 Å². The van der Waals surface area contributed by atoms with E-state index in [9.17, 15) is 4.79 Å². The molecule has 98 valence electrons. The van der Waals surface area contributed by atoms with Crippen LogP contribution in [0.1, 0.15) is 0 Å². The number of aromatic nitrogens is 1. The van der Waals surface area contributed by atoms with Gasteiger partial charge in [0.25, 0.3) is 0 Å². The standard InChI is InChI=1S/C14H15N3O2/c1-17(7-3-6-15)14-9-13(18)11-5-4-10(19-2)8-12(11)16-14/h3-9,15H,1-2H3,(H,16,18)/b7-3-,15-6?. The van der Waals surface area contributed by atoms with Crippen LogP contribution in [0, 0.1) is 5.41 Å². The molecule has 0 spiro atoms. The molecule has 0 fully saturated rings. The van der Waals surface area contributed by atoms with E-state index in [2.05, 4.69) is 4.98 Å². The number of ether oxygens (including phenoxy) is 1. The van der Waals surface area contributed by atoms with Crippen LogP contribution in [0.5, 0.6) is 5.75 Å². The average Bonchev–Trinajstić information content (AvgIpc) is 2.43. The van der Waals surface area contributed by atoms with Gasteiger partial charge in [0.15, 0.2) is 5.43 Å². The highest BCUT2D eigenvalue weighted by Gasteiger charge is 2.05. The second kappa shape index (κ2) is 5.39. The first-order valence-electron chi connectivity index (χ1n) is 5.77. The zero-order valence-electron chi connectivity index (χ0n) is 10.8. The minimum absolute atomic E-state index is 0.0542. The second-order valence-corrected chi connectivity index (χ2v) is 4.05. The number of rotatable bonds is 4. The quantitative estimate of drug-likeness (QED) is 0.824. The van der Waals surface area contributed by atoms with Gasteiger partial charge in [0.05, 0.1) is 12.6 Å². The largest absolute Gasteiger partial charge is 0.497 e. The van der Waals surface area contributed by atoms with Gasteiger partial charge in [0.1, 0.15) is 11.6 Å². The Labute approximate surface area is 110 Å². The van der Waals surface area contributed by atoms with Crippen molar-refractivity contribution >= 4 is 22.9 Å². The maximum absolute atomic E-state index is 12.0. The molecule has 0 aliphatic heterocycles. The number of hydrogen-bond donors (Lipinski definition) is 2. The lowest BCUT2D eigenvalue weighted by Gasteiger charge is -2.14. The summed E-state index contributed by atoms with van der Waals surface area (Å²) in [4.78, 5) is 16.9. The lowest BCUT2D eigenvalue weighted by atomic mass is 10.2. The molecule has 2 aromatic rings. The Morgan fingerprint density at radius 2 is 2.16 bits per heavy atom. The summed E-state index contributed by atoms with van der Waals surface area (Å²) in [5.41, 5.74) is 0.665. The fourth-order valence-electron chi connectivity index (χ4n) is 1.79. The third-order valence-electron chi connectivity index (χ3n) is 2.81. The minimum Gasteiger partial charge on any atom is -0.497 e. The van der Waals surface area contributed by atoms with Crippen LogP contribution in [0.15, 0.2) is 41.3 Å². The van der Waals surface area contributed by atoms with Gasteiger partial charge in [0.2, 0.25) is 0 Å². The zero-order valence-corrected chi connectivity index (χ0v) is 10.8. The monoisotopic (exact) mass is 257 g/mol. The zero-order chi connectivity index (χ0) is 13.8. The molecule has 1 aromatic heterocycles. The molecule has 0 aliphatic rings. The van der Waals surface area contributed by atoms with Crippen LogP contribution in [0.3, 0.4) is 0 Å². The summed E-state index contributed by atoms with van der Waals surface area (Å²) in [6.07, 6.45) is 4.46. The Kier molecular flexibility index (Phi) is 3.66. The Balaban J connectivity index is 2.55. The molecule has 0 saturated carbocycles. The maximum atomic E-state index is 12.0. The molecular formula is C14H15N3O2. The smallest absolute Gasteiger partial charge is 0.191 e. The summed E-state index contributed by atoms with van der Waals surface area (Å²) in [5.74, 6) is 1.35. The normalized spacial score (nSPS) is 10.8. The van der Waals surface area contributed by atoms with E-state index in [1.54, 1.807) is 49.5 Å². The van der Waals surface area contributed by atoms with Crippen molar-refractivity contribution in [3.8, 4) is 5.75 Å². The minimum atomic E-state index is -0.0542. The van der Waals surface area contributed by atoms with E-state index in [0.717, 1.165) is 5.52 Å². The van der Waals surface area contributed by atoms with Gasteiger partial charge in [-0.2, -0.15) is 0 Å². The molecule has 0 aliphatic carbocycles. The molecule has 0 saturated heterocycles. The fourth-order valence-corrected chi connectivity index (χ4v) is 1.79. The first-order chi connectivity index (χ1) is 9.15. The highest BCUT2D eigenvalue weighted by Crippen LogP contribution is 2.19. The van der Waals surface area contributed by atoms with E-state index < -0.39 is 0 Å². The SMILES string of the molecule is COc1ccc2c(=O)cc(N(C)/C=C\C=N)[nH]c2c1. The third kappa shape index (κ3) is 2.65. The van der Waals surface area contributed by atoms with E-state index in [1.807, 2.05) is 0 Å². The van der Waals surface area contributed by atoms with Crippen molar-refractivity contribution in [1.82, 2.24) is 4.98 Å². The van der Waals surface area contributed by atoms with Crippen molar-refractivity contribution in [1.29, 1.82) is 5.41 Å². The van der Waals surface area contributed by atoms with Crippen molar-refractivity contribution in [2.24, 2.45) is 0 Å². The Morgan fingerprint density at radius 1 is 1.37 bits per heavy atom. The van der Waals surface area contributed by atoms with Crippen LogP contribution in [-0.4, -0.2) is 25.4 Å². The molecule has 0 unspecified atom stereocenters. The van der Waals surface area contributed by atoms with Gasteiger partial charge in [-0.1, -0.05) is 0 Å². The van der Waals surface area contributed by atoms with E-state index in [-0.39, 0.29) is 5.43 Å². The van der Waals surface area contributed by atoms with E-state index >= 15 is 0 Å². The fraction of sp³-hybridized carbons (Fsp3) is 0.143. The Morgan fingerprint density at radius 3 is 2.84 bits per heavy atom. The number of benzene rings is 1. The van der Waals surface area contributed by atoms with Crippen molar-refractivity contribution in [2.45, 2.75) is 0 Å². The summed E-state index contributed by atoms with van der Waals surface area (Å²) in [6, 6.07) is 6.82. The molecule has 2 rings (SSSR count). The number of H-pyrrole nitrogens is 1. The summed E-state index contributed by atoms with van der Waals surface area (Å²) < 4.78 is 5.15. The molecule has 1 aromatic carbocycles. The molecule has 0 bridgehead atoms. The molecule has 5 heteroatoms. The molecule has 19 heavy (non-hydrogen) atoms. The van der Waals surface area contributed by atoms with Crippen LogP contribution >= 0.6 is 0 Å². The number of fused-ring (bicyclic) bond motifs is 1. The first kappa shape index (κ1) is 12.9. The number of anilines is 1. The first-order valence-corrected chi connectivity index (χ1v) is 5.77. The highest BCUT2D eigenvalue weighted by atomic mass is 16.5. The number of pyridine rings is 1. The number of allylic oxidation sites excluding steroid dienone is 1. The third-order valence-corrected chi connectivity index (χ3v) is 2.81. The average molecular weight is 257 g/mol. The molecular weight excluding hydrogens is 242 g/mol. The van der Waals surface area contributed by atoms with Crippen LogP contribution in [0.2, 0.25) is 0 Å². The molecule has 5 nitrogen and oxygen atoms in total. The van der Waals surface area contributed by atoms with Gasteiger partial charge in [-0.3, -0.25) is 4.79 Å². The Hall–Kier alpha value is -2.56. The molecule has 0 amide bonds. The summed E-state index contributed by atoms with van der Waals surface area (Å²) in [6.45, 7) is 0. The summed E-state index contributed by atoms with van der Waals surface area (Å²) >= 11 is 0. The highest BCUT2D eigenvalue weighted by molar-refractivity contribution is 5.81. The number of hydrogen-bond acceptors (Lipinski definition) is 4. The van der Waals surface area contributed by atoms with Gasteiger partial charge in [0, 0.05) is 37.0 Å². The molecule has 2 N–H and O–H groups in total. The lowest BCUT2D eigenvalue weighted by molar-refractivity contribution is 0.415. The molecule has 1 heterocycles. The number of nitrogens with one attached hydrogen (secondary N) is 2. The lowest BCUT2D eigenvalue weighted by Crippen LogP contribution is -2.13. The van der Waals surface area contributed by atoms with Crippen LogP contribution in [-0.2, 0) is 0 Å². The van der Waals surface area contributed by atoms with Gasteiger partial charge in [-0.15, -0.1) is 0 Å². The summed E-state index contributed by atoms with van der Waals surface area (Å²) in [7, 11) is 3.39.